The fraction of sp³-hybridized carbons (Fsp3) is 0.333. The van der Waals surface area contributed by atoms with Crippen LogP contribution in [0.2, 0.25) is 0 Å². The molecule has 2 aromatic carbocycles. The molecule has 0 amide bonds. The van der Waals surface area contributed by atoms with E-state index in [0.717, 1.165) is 6.42 Å². The molecule has 0 bridgehead atoms. The molecule has 0 spiro atoms. The molecule has 0 unspecified atom stereocenters. The van der Waals surface area contributed by atoms with E-state index in [9.17, 15) is 5.11 Å². The van der Waals surface area contributed by atoms with Gasteiger partial charge in [-0.3, -0.25) is 0 Å². The minimum atomic E-state index is 0.181. The maximum absolute atomic E-state index is 9.39. The lowest BCUT2D eigenvalue weighted by atomic mass is 9.99. The lowest BCUT2D eigenvalue weighted by molar-refractivity contribution is 0.169. The average molecular weight is 229 g/mol. The number of nitrogens with zero attached hydrogens (tertiary/aromatic N) is 1. The van der Waals surface area contributed by atoms with Crippen molar-refractivity contribution in [3.05, 3.63) is 48.0 Å². The summed E-state index contributed by atoms with van der Waals surface area (Å²) >= 11 is 0. The highest BCUT2D eigenvalue weighted by Gasteiger charge is 2.12. The quantitative estimate of drug-likeness (QED) is 0.869. The predicted octanol–water partition coefficient (Wildman–Crippen LogP) is 2.30. The van der Waals surface area contributed by atoms with Crippen LogP contribution >= 0.6 is 0 Å². The van der Waals surface area contributed by atoms with Crippen molar-refractivity contribution >= 4 is 10.8 Å². The van der Waals surface area contributed by atoms with E-state index in [1.165, 1.54) is 16.3 Å². The number of benzene rings is 2. The normalized spacial score (nSPS) is 13.2. The molecule has 90 valence electrons. The average Bonchev–Trinajstić information content (AvgIpc) is 2.35. The Morgan fingerprint density at radius 3 is 2.47 bits per heavy atom. The molecule has 0 aliphatic carbocycles. The van der Waals surface area contributed by atoms with E-state index < -0.39 is 0 Å². The first-order valence-electron chi connectivity index (χ1n) is 5.96. The van der Waals surface area contributed by atoms with Gasteiger partial charge in [0.1, 0.15) is 0 Å². The molecule has 0 heterocycles. The van der Waals surface area contributed by atoms with Crippen molar-refractivity contribution in [2.24, 2.45) is 0 Å². The lowest BCUT2D eigenvalue weighted by Crippen LogP contribution is -2.33. The Balaban J connectivity index is 2.35. The monoisotopic (exact) mass is 229 g/mol. The third kappa shape index (κ3) is 2.65. The molecule has 1 atom stereocenters. The van der Waals surface area contributed by atoms with Gasteiger partial charge in [-0.25, -0.2) is 0 Å². The molecular weight excluding hydrogens is 210 g/mol. The largest absolute Gasteiger partial charge is 0.395 e. The first kappa shape index (κ1) is 12.1. The van der Waals surface area contributed by atoms with E-state index >= 15 is 0 Å². The summed E-state index contributed by atoms with van der Waals surface area (Å²) in [5.41, 5.74) is 1.30. The van der Waals surface area contributed by atoms with Crippen LogP contribution in [-0.4, -0.2) is 36.8 Å². The highest BCUT2D eigenvalue weighted by molar-refractivity contribution is 5.85. The van der Waals surface area contributed by atoms with Gasteiger partial charge in [-0.1, -0.05) is 42.5 Å². The Morgan fingerprint density at radius 2 is 1.76 bits per heavy atom. The van der Waals surface area contributed by atoms with Gasteiger partial charge in [-0.2, -0.15) is 0 Å². The highest BCUT2D eigenvalue weighted by atomic mass is 16.3. The number of rotatable bonds is 4. The van der Waals surface area contributed by atoms with Crippen LogP contribution in [0, 0.1) is 0 Å². The molecule has 2 rings (SSSR count). The molecule has 0 aromatic heterocycles. The van der Waals surface area contributed by atoms with E-state index in [0.29, 0.717) is 0 Å². The predicted molar refractivity (Wildman–Crippen MR) is 72.2 cm³/mol. The minimum absolute atomic E-state index is 0.181. The van der Waals surface area contributed by atoms with Gasteiger partial charge in [-0.05, 0) is 36.9 Å². The second-order valence-corrected chi connectivity index (χ2v) is 4.64. The summed E-state index contributed by atoms with van der Waals surface area (Å²) in [5.74, 6) is 0. The summed E-state index contributed by atoms with van der Waals surface area (Å²) in [7, 11) is 4.01. The van der Waals surface area contributed by atoms with Crippen molar-refractivity contribution in [1.29, 1.82) is 0 Å². The zero-order chi connectivity index (χ0) is 12.3. The summed E-state index contributed by atoms with van der Waals surface area (Å²) in [5, 5.41) is 11.9. The molecule has 0 fully saturated rings. The molecule has 2 nitrogen and oxygen atoms in total. The Bertz CT molecular complexity index is 488. The van der Waals surface area contributed by atoms with Gasteiger partial charge in [-0.15, -0.1) is 0 Å². The molecule has 0 radical (unpaired) electrons. The van der Waals surface area contributed by atoms with E-state index in [2.05, 4.69) is 47.4 Å². The van der Waals surface area contributed by atoms with Crippen LogP contribution in [-0.2, 0) is 6.42 Å². The molecule has 0 aliphatic rings. The van der Waals surface area contributed by atoms with Crippen molar-refractivity contribution < 1.29 is 5.11 Å². The van der Waals surface area contributed by atoms with Crippen LogP contribution in [0.15, 0.2) is 42.5 Å². The summed E-state index contributed by atoms with van der Waals surface area (Å²) in [6, 6.07) is 14.9. The lowest BCUT2D eigenvalue weighted by Gasteiger charge is -2.22. The molecule has 1 N–H and O–H groups in total. The van der Waals surface area contributed by atoms with Crippen LogP contribution < -0.4 is 0 Å². The second kappa shape index (κ2) is 5.30. The fourth-order valence-electron chi connectivity index (χ4n) is 2.13. The number of aliphatic hydroxyl groups excluding tert-OH is 1. The topological polar surface area (TPSA) is 23.5 Å². The third-order valence-electron chi connectivity index (χ3n) is 3.28. The third-order valence-corrected chi connectivity index (χ3v) is 3.28. The Morgan fingerprint density at radius 1 is 1.06 bits per heavy atom. The molecule has 17 heavy (non-hydrogen) atoms. The smallest absolute Gasteiger partial charge is 0.0589 e. The molecule has 2 heteroatoms. The molecule has 2 aromatic rings. The van der Waals surface area contributed by atoms with Crippen molar-refractivity contribution in [3.8, 4) is 0 Å². The van der Waals surface area contributed by atoms with Gasteiger partial charge in [0.2, 0.25) is 0 Å². The van der Waals surface area contributed by atoms with E-state index in [4.69, 9.17) is 0 Å². The van der Waals surface area contributed by atoms with E-state index in [1.54, 1.807) is 0 Å². The Labute approximate surface area is 102 Å². The zero-order valence-corrected chi connectivity index (χ0v) is 10.4. The van der Waals surface area contributed by atoms with Gasteiger partial charge in [0.25, 0.3) is 0 Å². The van der Waals surface area contributed by atoms with Crippen molar-refractivity contribution in [2.45, 2.75) is 12.5 Å². The number of fused-ring (bicyclic) bond motifs is 1. The van der Waals surface area contributed by atoms with Crippen LogP contribution in [0.3, 0.4) is 0 Å². The summed E-state index contributed by atoms with van der Waals surface area (Å²) < 4.78 is 0. The van der Waals surface area contributed by atoms with Gasteiger partial charge in [0, 0.05) is 6.04 Å². The first-order chi connectivity index (χ1) is 8.22. The van der Waals surface area contributed by atoms with Crippen LogP contribution in [0.1, 0.15) is 5.56 Å². The molecular formula is C15H19NO. The molecule has 0 saturated carbocycles. The summed E-state index contributed by atoms with van der Waals surface area (Å²) in [6.45, 7) is 0.191. The van der Waals surface area contributed by atoms with Gasteiger partial charge in [0.15, 0.2) is 0 Å². The minimum Gasteiger partial charge on any atom is -0.395 e. The number of hydrogen-bond acceptors (Lipinski definition) is 2. The van der Waals surface area contributed by atoms with Crippen LogP contribution in [0.5, 0.6) is 0 Å². The highest BCUT2D eigenvalue weighted by Crippen LogP contribution is 2.20. The van der Waals surface area contributed by atoms with Crippen molar-refractivity contribution in [2.75, 3.05) is 20.7 Å². The van der Waals surface area contributed by atoms with Gasteiger partial charge < -0.3 is 10.0 Å². The second-order valence-electron chi connectivity index (χ2n) is 4.64. The zero-order valence-electron chi connectivity index (χ0n) is 10.4. The summed E-state index contributed by atoms with van der Waals surface area (Å²) in [6.07, 6.45) is 0.880. The van der Waals surface area contributed by atoms with Crippen LogP contribution in [0.4, 0.5) is 0 Å². The molecule has 0 saturated heterocycles. The van der Waals surface area contributed by atoms with Crippen molar-refractivity contribution in [1.82, 2.24) is 4.90 Å². The Hall–Kier alpha value is -1.38. The Kier molecular flexibility index (Phi) is 3.77. The SMILES string of the molecule is CN(C)[C@H](CO)Cc1cccc2ccccc12. The van der Waals surface area contributed by atoms with E-state index in [1.807, 2.05) is 14.1 Å². The maximum atomic E-state index is 9.39. The van der Waals surface area contributed by atoms with Crippen LogP contribution in [0.25, 0.3) is 10.8 Å². The number of hydrogen-bond donors (Lipinski definition) is 1. The maximum Gasteiger partial charge on any atom is 0.0589 e. The number of likely N-dealkylation sites (N-methyl/N-ethyl adjacent to an activating group) is 1. The van der Waals surface area contributed by atoms with Gasteiger partial charge in [0.05, 0.1) is 6.61 Å². The molecule has 0 aliphatic heterocycles. The number of aliphatic hydroxyl groups is 1. The van der Waals surface area contributed by atoms with Gasteiger partial charge >= 0.3 is 0 Å². The standard InChI is InChI=1S/C15H19NO/c1-16(2)14(11-17)10-13-8-5-7-12-6-3-4-9-15(12)13/h3-9,14,17H,10-11H2,1-2H3/t14-/m0/s1. The van der Waals surface area contributed by atoms with Crippen molar-refractivity contribution in [3.63, 3.8) is 0 Å². The first-order valence-corrected chi connectivity index (χ1v) is 5.96. The summed E-state index contributed by atoms with van der Waals surface area (Å²) in [4.78, 5) is 2.07. The fourth-order valence-corrected chi connectivity index (χ4v) is 2.13. The van der Waals surface area contributed by atoms with E-state index in [-0.39, 0.29) is 12.6 Å².